The lowest BCUT2D eigenvalue weighted by Gasteiger charge is -2.24. The van der Waals surface area contributed by atoms with E-state index in [2.05, 4.69) is 4.99 Å². The normalized spacial score (nSPS) is 15.6. The lowest BCUT2D eigenvalue weighted by molar-refractivity contribution is -0.385. The Morgan fingerprint density at radius 2 is 2.03 bits per heavy atom. The lowest BCUT2D eigenvalue weighted by Crippen LogP contribution is -2.39. The highest BCUT2D eigenvalue weighted by atomic mass is 35.5. The molecule has 1 N–H and O–H groups in total. The molecule has 34 heavy (non-hydrogen) atoms. The Bertz CT molecular complexity index is 1520. The molecule has 4 rings (SSSR count). The first-order valence-corrected chi connectivity index (χ1v) is 11.3. The summed E-state index contributed by atoms with van der Waals surface area (Å²) >= 11 is 7.13. The minimum absolute atomic E-state index is 0.160. The van der Waals surface area contributed by atoms with Crippen LogP contribution in [0.4, 0.5) is 5.69 Å². The van der Waals surface area contributed by atoms with E-state index in [1.807, 2.05) is 0 Å². The molecule has 2 aromatic carbocycles. The molecule has 0 spiro atoms. The number of fused-ring (bicyclic) bond motifs is 1. The predicted octanol–water partition coefficient (Wildman–Crippen LogP) is 3.07. The van der Waals surface area contributed by atoms with E-state index >= 15 is 0 Å². The van der Waals surface area contributed by atoms with E-state index in [1.165, 1.54) is 28.8 Å². The van der Waals surface area contributed by atoms with Gasteiger partial charge in [0.2, 0.25) is 0 Å². The molecular formula is C23H18ClN3O6S. The number of nitro groups is 1. The van der Waals surface area contributed by atoms with Crippen LogP contribution in [0, 0.1) is 10.1 Å². The van der Waals surface area contributed by atoms with E-state index in [0.29, 0.717) is 26.6 Å². The average molecular weight is 500 g/mol. The molecule has 1 aliphatic rings. The number of rotatable bonds is 5. The van der Waals surface area contributed by atoms with Crippen LogP contribution < -0.4 is 14.9 Å². The largest absolute Gasteiger partial charge is 0.502 e. The van der Waals surface area contributed by atoms with Crippen LogP contribution in [-0.2, 0) is 9.53 Å². The number of esters is 1. The fraction of sp³-hybridized carbons (Fsp3) is 0.174. The number of nitro benzene ring substituents is 1. The zero-order chi connectivity index (χ0) is 24.6. The van der Waals surface area contributed by atoms with Gasteiger partial charge >= 0.3 is 11.7 Å². The summed E-state index contributed by atoms with van der Waals surface area (Å²) in [5, 5.41) is 21.4. The van der Waals surface area contributed by atoms with E-state index in [0.717, 1.165) is 11.3 Å². The fourth-order valence-corrected chi connectivity index (χ4v) is 4.85. The van der Waals surface area contributed by atoms with Crippen molar-refractivity contribution in [3.05, 3.63) is 99.7 Å². The van der Waals surface area contributed by atoms with Crippen LogP contribution in [0.5, 0.6) is 5.75 Å². The standard InChI is InChI=1S/C23H18ClN3O6S/c1-3-33-22(30)19-12(2)25-23-26(20(19)14-5-7-15(24)8-6-14)21(29)18(34-23)11-13-4-9-17(28)16(10-13)27(31)32/h4-11,20,28H,3H2,1-2H3/t20-/m1/s1. The molecule has 0 aliphatic carbocycles. The van der Waals surface area contributed by atoms with Crippen molar-refractivity contribution >= 4 is 40.7 Å². The molecule has 9 nitrogen and oxygen atoms in total. The second-order valence-corrected chi connectivity index (χ2v) is 8.80. The predicted molar refractivity (Wildman–Crippen MR) is 127 cm³/mol. The first kappa shape index (κ1) is 23.4. The van der Waals surface area contributed by atoms with Crippen molar-refractivity contribution in [2.45, 2.75) is 19.9 Å². The van der Waals surface area contributed by atoms with E-state index in [1.54, 1.807) is 38.1 Å². The molecule has 0 fully saturated rings. The molecule has 2 heterocycles. The third-order valence-electron chi connectivity index (χ3n) is 5.20. The number of nitrogens with zero attached hydrogens (tertiary/aromatic N) is 3. The molecule has 0 saturated carbocycles. The van der Waals surface area contributed by atoms with Crippen LogP contribution in [0.2, 0.25) is 5.02 Å². The maximum absolute atomic E-state index is 13.5. The topological polar surface area (TPSA) is 124 Å². The van der Waals surface area contributed by atoms with Gasteiger partial charge in [-0.1, -0.05) is 41.1 Å². The van der Waals surface area contributed by atoms with Crippen LogP contribution >= 0.6 is 22.9 Å². The van der Waals surface area contributed by atoms with Crippen molar-refractivity contribution in [1.29, 1.82) is 0 Å². The molecule has 0 saturated heterocycles. The third kappa shape index (κ3) is 4.25. The molecule has 174 valence electrons. The molecule has 1 aliphatic heterocycles. The summed E-state index contributed by atoms with van der Waals surface area (Å²) in [5.41, 5.74) is 0.776. The number of allylic oxidation sites excluding steroid dienone is 1. The second kappa shape index (κ2) is 9.24. The Labute approximate surface area is 201 Å². The summed E-state index contributed by atoms with van der Waals surface area (Å²) in [6.07, 6.45) is 1.48. The van der Waals surface area contributed by atoms with Crippen LogP contribution in [0.3, 0.4) is 0 Å². The minimum Gasteiger partial charge on any atom is -0.502 e. The van der Waals surface area contributed by atoms with E-state index in [4.69, 9.17) is 16.3 Å². The summed E-state index contributed by atoms with van der Waals surface area (Å²) < 4.78 is 6.91. The molecule has 0 bridgehead atoms. The number of hydrogen-bond acceptors (Lipinski definition) is 8. The monoisotopic (exact) mass is 499 g/mol. The van der Waals surface area contributed by atoms with Gasteiger partial charge in [-0.25, -0.2) is 9.79 Å². The van der Waals surface area contributed by atoms with Crippen LogP contribution in [0.15, 0.2) is 63.5 Å². The van der Waals surface area contributed by atoms with E-state index in [9.17, 15) is 24.8 Å². The summed E-state index contributed by atoms with van der Waals surface area (Å²) in [6, 6.07) is 9.84. The number of phenolic OH excluding ortho intramolecular Hbond substituents is 1. The number of aromatic hydroxyl groups is 1. The van der Waals surface area contributed by atoms with E-state index in [-0.39, 0.29) is 16.7 Å². The van der Waals surface area contributed by atoms with Gasteiger partial charge in [0.1, 0.15) is 0 Å². The maximum atomic E-state index is 13.5. The fourth-order valence-electron chi connectivity index (χ4n) is 3.68. The van der Waals surface area contributed by atoms with Gasteiger partial charge in [-0.3, -0.25) is 19.5 Å². The Balaban J connectivity index is 1.94. The molecule has 3 aromatic rings. The molecular weight excluding hydrogens is 482 g/mol. The molecule has 1 aromatic heterocycles. The third-order valence-corrected chi connectivity index (χ3v) is 6.43. The number of halogens is 1. The molecule has 0 radical (unpaired) electrons. The highest BCUT2D eigenvalue weighted by Crippen LogP contribution is 2.31. The number of thiazole rings is 1. The number of benzene rings is 2. The summed E-state index contributed by atoms with van der Waals surface area (Å²) in [7, 11) is 0. The number of ether oxygens (including phenoxy) is 1. The van der Waals surface area contributed by atoms with Gasteiger partial charge in [0.05, 0.1) is 33.4 Å². The van der Waals surface area contributed by atoms with Crippen molar-refractivity contribution in [2.75, 3.05) is 6.61 Å². The average Bonchev–Trinajstić information content (AvgIpc) is 3.09. The van der Waals surface area contributed by atoms with Gasteiger partial charge < -0.3 is 9.84 Å². The number of phenols is 1. The van der Waals surface area contributed by atoms with Gasteiger partial charge in [0, 0.05) is 11.1 Å². The van der Waals surface area contributed by atoms with Gasteiger partial charge in [-0.2, -0.15) is 0 Å². The number of carbonyl (C=O) groups excluding carboxylic acids is 1. The zero-order valence-electron chi connectivity index (χ0n) is 18.0. The minimum atomic E-state index is -0.788. The molecule has 1 atom stereocenters. The Kier molecular flexibility index (Phi) is 6.36. The number of aromatic nitrogens is 1. The van der Waals surface area contributed by atoms with Crippen molar-refractivity contribution in [3.63, 3.8) is 0 Å². The molecule has 0 unspecified atom stereocenters. The number of hydrogen-bond donors (Lipinski definition) is 1. The van der Waals surface area contributed by atoms with Gasteiger partial charge in [-0.15, -0.1) is 0 Å². The van der Waals surface area contributed by atoms with Crippen LogP contribution in [0.1, 0.15) is 31.0 Å². The smallest absolute Gasteiger partial charge is 0.338 e. The van der Waals surface area contributed by atoms with Crippen molar-refractivity contribution in [3.8, 4) is 5.75 Å². The van der Waals surface area contributed by atoms with Crippen LogP contribution in [-0.4, -0.2) is 27.2 Å². The number of carbonyl (C=O) groups is 1. The van der Waals surface area contributed by atoms with Gasteiger partial charge in [0.15, 0.2) is 10.6 Å². The van der Waals surface area contributed by atoms with Crippen molar-refractivity contribution < 1.29 is 19.6 Å². The Morgan fingerprint density at radius 1 is 1.32 bits per heavy atom. The van der Waals surface area contributed by atoms with Crippen LogP contribution in [0.25, 0.3) is 6.08 Å². The summed E-state index contributed by atoms with van der Waals surface area (Å²) in [6.45, 7) is 3.53. The second-order valence-electron chi connectivity index (χ2n) is 7.36. The van der Waals surface area contributed by atoms with Crippen molar-refractivity contribution in [1.82, 2.24) is 4.57 Å². The van der Waals surface area contributed by atoms with Gasteiger partial charge in [0.25, 0.3) is 5.56 Å². The lowest BCUT2D eigenvalue weighted by atomic mass is 9.96. The Hall–Kier alpha value is -3.76. The SMILES string of the molecule is CCOC(=O)C1=C(C)N=c2sc(=Cc3ccc(O)c([N+](=O)[O-])c3)c(=O)n2[C@@H]1c1ccc(Cl)cc1. The highest BCUT2D eigenvalue weighted by Gasteiger charge is 2.33. The van der Waals surface area contributed by atoms with Crippen molar-refractivity contribution in [2.24, 2.45) is 4.99 Å². The van der Waals surface area contributed by atoms with Gasteiger partial charge in [-0.05, 0) is 49.2 Å². The molecule has 0 amide bonds. The first-order chi connectivity index (χ1) is 16.2. The first-order valence-electron chi connectivity index (χ1n) is 10.1. The summed E-state index contributed by atoms with van der Waals surface area (Å²) in [5.74, 6) is -1.05. The summed E-state index contributed by atoms with van der Waals surface area (Å²) in [4.78, 5) is 41.6. The molecule has 11 heteroatoms. The zero-order valence-corrected chi connectivity index (χ0v) is 19.6. The maximum Gasteiger partial charge on any atom is 0.338 e. The van der Waals surface area contributed by atoms with E-state index < -0.39 is 33.9 Å². The highest BCUT2D eigenvalue weighted by molar-refractivity contribution is 7.07. The quantitative estimate of drug-likeness (QED) is 0.327. The Morgan fingerprint density at radius 3 is 2.68 bits per heavy atom.